The van der Waals surface area contributed by atoms with Gasteiger partial charge in [0.1, 0.15) is 5.75 Å². The highest BCUT2D eigenvalue weighted by atomic mass is 16.7. The van der Waals surface area contributed by atoms with Crippen molar-refractivity contribution in [3.05, 3.63) is 29.8 Å². The fraction of sp³-hybridized carbons (Fsp3) is 0.727. The van der Waals surface area contributed by atoms with Crippen LogP contribution in [0.4, 0.5) is 0 Å². The van der Waals surface area contributed by atoms with Gasteiger partial charge in [-0.05, 0) is 25.0 Å². The molecule has 3 nitrogen and oxygen atoms in total. The number of methoxy groups -OCH3 is 1. The second kappa shape index (κ2) is 12.3. The predicted molar refractivity (Wildman–Crippen MR) is 103 cm³/mol. The van der Waals surface area contributed by atoms with Crippen molar-refractivity contribution >= 4 is 0 Å². The standard InChI is InChI=1S/C22H36O3/c1-3-4-5-6-7-8-9-10-11-12-21-17-18-24-22(25-21)19-13-15-20(23-2)16-14-19/h13-16,21-22H,3-12,17-18H2,1-2H3/t21-,22?/m1/s1. The van der Waals surface area contributed by atoms with Crippen LogP contribution in [0.5, 0.6) is 5.75 Å². The molecular weight excluding hydrogens is 312 g/mol. The highest BCUT2D eigenvalue weighted by Gasteiger charge is 2.23. The zero-order valence-corrected chi connectivity index (χ0v) is 16.2. The first-order valence-electron chi connectivity index (χ1n) is 10.2. The first-order chi connectivity index (χ1) is 12.3. The Hall–Kier alpha value is -1.06. The van der Waals surface area contributed by atoms with Crippen molar-refractivity contribution in [2.75, 3.05) is 13.7 Å². The lowest BCUT2D eigenvalue weighted by atomic mass is 10.0. The lowest BCUT2D eigenvalue weighted by Crippen LogP contribution is -2.26. The molecule has 2 rings (SSSR count). The van der Waals surface area contributed by atoms with Gasteiger partial charge in [-0.15, -0.1) is 0 Å². The van der Waals surface area contributed by atoms with E-state index in [0.717, 1.165) is 30.8 Å². The van der Waals surface area contributed by atoms with Crippen LogP contribution in [0.1, 0.15) is 89.4 Å². The molecule has 0 N–H and O–H groups in total. The maximum atomic E-state index is 6.15. The Balaban J connectivity index is 1.58. The van der Waals surface area contributed by atoms with Crippen molar-refractivity contribution in [2.24, 2.45) is 0 Å². The fourth-order valence-electron chi connectivity index (χ4n) is 3.42. The Morgan fingerprint density at radius 3 is 2.20 bits per heavy atom. The SMILES string of the molecule is CCCCCCCCCCC[C@@H]1CCOC(c2ccc(OC)cc2)O1. The van der Waals surface area contributed by atoms with Crippen LogP contribution in [0.2, 0.25) is 0 Å². The molecular formula is C22H36O3. The summed E-state index contributed by atoms with van der Waals surface area (Å²) < 4.78 is 17.2. The van der Waals surface area contributed by atoms with Crippen molar-refractivity contribution in [1.82, 2.24) is 0 Å². The molecule has 3 heteroatoms. The minimum Gasteiger partial charge on any atom is -0.497 e. The van der Waals surface area contributed by atoms with E-state index in [-0.39, 0.29) is 6.29 Å². The van der Waals surface area contributed by atoms with Gasteiger partial charge in [0.2, 0.25) is 0 Å². The van der Waals surface area contributed by atoms with Crippen molar-refractivity contribution in [2.45, 2.75) is 89.9 Å². The number of benzene rings is 1. The van der Waals surface area contributed by atoms with E-state index >= 15 is 0 Å². The van der Waals surface area contributed by atoms with Crippen LogP contribution in [0.25, 0.3) is 0 Å². The minimum absolute atomic E-state index is 0.219. The average Bonchev–Trinajstić information content (AvgIpc) is 2.67. The van der Waals surface area contributed by atoms with Gasteiger partial charge < -0.3 is 14.2 Å². The molecule has 142 valence electrons. The maximum absolute atomic E-state index is 6.15. The quantitative estimate of drug-likeness (QED) is 0.408. The molecule has 0 spiro atoms. The summed E-state index contributed by atoms with van der Waals surface area (Å²) in [6, 6.07) is 7.99. The molecule has 1 aliphatic heterocycles. The van der Waals surface area contributed by atoms with E-state index in [9.17, 15) is 0 Å². The van der Waals surface area contributed by atoms with Crippen LogP contribution in [0, 0.1) is 0 Å². The van der Waals surface area contributed by atoms with E-state index in [2.05, 4.69) is 6.92 Å². The molecule has 0 bridgehead atoms. The highest BCUT2D eigenvalue weighted by Crippen LogP contribution is 2.29. The first-order valence-corrected chi connectivity index (χ1v) is 10.2. The molecule has 0 radical (unpaired) electrons. The predicted octanol–water partition coefficient (Wildman–Crippen LogP) is 6.42. The third kappa shape index (κ3) is 7.79. The smallest absolute Gasteiger partial charge is 0.184 e. The fourth-order valence-corrected chi connectivity index (χ4v) is 3.42. The minimum atomic E-state index is -0.219. The molecule has 1 aliphatic rings. The molecule has 1 fully saturated rings. The molecule has 0 aromatic heterocycles. The van der Waals surface area contributed by atoms with Gasteiger partial charge in [0, 0.05) is 5.56 Å². The maximum Gasteiger partial charge on any atom is 0.184 e. The normalized spacial score (nSPS) is 20.6. The second-order valence-electron chi connectivity index (χ2n) is 7.14. The monoisotopic (exact) mass is 348 g/mol. The van der Waals surface area contributed by atoms with Gasteiger partial charge in [-0.25, -0.2) is 0 Å². The van der Waals surface area contributed by atoms with Crippen molar-refractivity contribution in [3.8, 4) is 5.75 Å². The first kappa shape index (κ1) is 20.3. The van der Waals surface area contributed by atoms with Crippen LogP contribution < -0.4 is 4.74 Å². The van der Waals surface area contributed by atoms with Gasteiger partial charge in [0.05, 0.1) is 19.8 Å². The molecule has 1 unspecified atom stereocenters. The number of hydrogen-bond acceptors (Lipinski definition) is 3. The number of rotatable bonds is 12. The van der Waals surface area contributed by atoms with Gasteiger partial charge in [0.25, 0.3) is 0 Å². The number of unbranched alkanes of at least 4 members (excludes halogenated alkanes) is 8. The summed E-state index contributed by atoms with van der Waals surface area (Å²) in [7, 11) is 1.68. The van der Waals surface area contributed by atoms with Crippen LogP contribution in [0.3, 0.4) is 0 Å². The summed E-state index contributed by atoms with van der Waals surface area (Å²) in [4.78, 5) is 0. The van der Waals surface area contributed by atoms with Gasteiger partial charge >= 0.3 is 0 Å². The van der Waals surface area contributed by atoms with Gasteiger partial charge in [-0.3, -0.25) is 0 Å². The molecule has 1 aromatic carbocycles. The van der Waals surface area contributed by atoms with E-state index in [4.69, 9.17) is 14.2 Å². The van der Waals surface area contributed by atoms with Gasteiger partial charge in [0.15, 0.2) is 6.29 Å². The Morgan fingerprint density at radius 2 is 1.56 bits per heavy atom. The molecule has 1 saturated heterocycles. The highest BCUT2D eigenvalue weighted by molar-refractivity contribution is 5.27. The van der Waals surface area contributed by atoms with Crippen molar-refractivity contribution < 1.29 is 14.2 Å². The van der Waals surface area contributed by atoms with Crippen LogP contribution in [-0.4, -0.2) is 19.8 Å². The summed E-state index contributed by atoms with van der Waals surface area (Å²) in [6.07, 6.45) is 14.6. The molecule has 25 heavy (non-hydrogen) atoms. The zero-order chi connectivity index (χ0) is 17.7. The van der Waals surface area contributed by atoms with E-state index in [1.165, 1.54) is 57.8 Å². The Bertz CT molecular complexity index is 443. The van der Waals surface area contributed by atoms with Crippen LogP contribution in [0.15, 0.2) is 24.3 Å². The topological polar surface area (TPSA) is 27.7 Å². The third-order valence-electron chi connectivity index (χ3n) is 5.04. The Kier molecular flexibility index (Phi) is 9.98. The number of ether oxygens (including phenoxy) is 3. The Labute approximate surface area is 154 Å². The molecule has 1 heterocycles. The van der Waals surface area contributed by atoms with E-state index in [0.29, 0.717) is 6.10 Å². The lowest BCUT2D eigenvalue weighted by molar-refractivity contribution is -0.218. The van der Waals surface area contributed by atoms with Crippen LogP contribution in [-0.2, 0) is 9.47 Å². The van der Waals surface area contributed by atoms with E-state index in [1.807, 2.05) is 24.3 Å². The largest absolute Gasteiger partial charge is 0.497 e. The van der Waals surface area contributed by atoms with Crippen molar-refractivity contribution in [1.29, 1.82) is 0 Å². The number of hydrogen-bond donors (Lipinski definition) is 0. The van der Waals surface area contributed by atoms with Gasteiger partial charge in [-0.1, -0.05) is 76.8 Å². The molecule has 0 amide bonds. The summed E-state index contributed by atoms with van der Waals surface area (Å²) >= 11 is 0. The summed E-state index contributed by atoms with van der Waals surface area (Å²) in [5, 5.41) is 0. The van der Waals surface area contributed by atoms with Crippen molar-refractivity contribution in [3.63, 3.8) is 0 Å². The van der Waals surface area contributed by atoms with Gasteiger partial charge in [-0.2, -0.15) is 0 Å². The molecule has 1 aromatic rings. The Morgan fingerprint density at radius 1 is 0.920 bits per heavy atom. The third-order valence-corrected chi connectivity index (χ3v) is 5.04. The molecule has 0 saturated carbocycles. The van der Waals surface area contributed by atoms with Crippen LogP contribution >= 0.6 is 0 Å². The molecule has 0 aliphatic carbocycles. The average molecular weight is 349 g/mol. The van der Waals surface area contributed by atoms with E-state index in [1.54, 1.807) is 7.11 Å². The zero-order valence-electron chi connectivity index (χ0n) is 16.2. The second-order valence-corrected chi connectivity index (χ2v) is 7.14. The summed E-state index contributed by atoms with van der Waals surface area (Å²) in [6.45, 7) is 3.07. The summed E-state index contributed by atoms with van der Waals surface area (Å²) in [5.74, 6) is 0.866. The summed E-state index contributed by atoms with van der Waals surface area (Å²) in [5.41, 5.74) is 1.08. The molecule has 2 atom stereocenters. The lowest BCUT2D eigenvalue weighted by Gasteiger charge is -2.30. The van der Waals surface area contributed by atoms with E-state index < -0.39 is 0 Å².